The highest BCUT2D eigenvalue weighted by atomic mass is 16.5. The quantitative estimate of drug-likeness (QED) is 0.807. The highest BCUT2D eigenvalue weighted by molar-refractivity contribution is 5.96. The van der Waals surface area contributed by atoms with Crippen LogP contribution in [0.1, 0.15) is 12.8 Å². The van der Waals surface area contributed by atoms with Crippen molar-refractivity contribution < 1.29 is 14.3 Å². The van der Waals surface area contributed by atoms with Crippen LogP contribution in [0.4, 0.5) is 16.2 Å². The number of anilines is 2. The summed E-state index contributed by atoms with van der Waals surface area (Å²) >= 11 is 0. The average molecular weight is 261 g/mol. The summed E-state index contributed by atoms with van der Waals surface area (Å²) in [6, 6.07) is 5.12. The molecule has 1 aromatic carbocycles. The van der Waals surface area contributed by atoms with E-state index in [0.717, 1.165) is 25.9 Å². The molecule has 2 N–H and O–H groups in total. The van der Waals surface area contributed by atoms with E-state index in [1.54, 1.807) is 23.1 Å². The van der Waals surface area contributed by atoms with Crippen molar-refractivity contribution in [2.24, 2.45) is 0 Å². The standard InChI is InChI=1S/C13H15N3O3/c17-12-8-19-11-7-9(3-4-10(11)15-12)14-13(18)16-5-1-2-6-16/h3-4,7H,1-2,5-6,8H2,(H,14,18)(H,15,17). The molecular weight excluding hydrogens is 246 g/mol. The molecular formula is C13H15N3O3. The zero-order valence-electron chi connectivity index (χ0n) is 10.4. The number of benzene rings is 1. The summed E-state index contributed by atoms with van der Waals surface area (Å²) in [4.78, 5) is 24.9. The van der Waals surface area contributed by atoms with Crippen molar-refractivity contribution in [3.05, 3.63) is 18.2 Å². The minimum atomic E-state index is -0.165. The number of rotatable bonds is 1. The van der Waals surface area contributed by atoms with Gasteiger partial charge in [0.1, 0.15) is 5.75 Å². The molecule has 2 aliphatic rings. The molecule has 1 fully saturated rings. The largest absolute Gasteiger partial charge is 0.482 e. The molecule has 3 amide bonds. The molecule has 6 nitrogen and oxygen atoms in total. The number of urea groups is 1. The third-order valence-corrected chi connectivity index (χ3v) is 3.26. The number of likely N-dealkylation sites (tertiary alicyclic amines) is 1. The van der Waals surface area contributed by atoms with E-state index in [9.17, 15) is 9.59 Å². The molecule has 0 bridgehead atoms. The molecule has 19 heavy (non-hydrogen) atoms. The molecule has 1 aromatic rings. The Kier molecular flexibility index (Phi) is 2.98. The average Bonchev–Trinajstić information content (AvgIpc) is 2.93. The van der Waals surface area contributed by atoms with Crippen LogP contribution in [0.15, 0.2) is 18.2 Å². The number of hydrogen-bond acceptors (Lipinski definition) is 3. The number of ether oxygens (including phenoxy) is 1. The van der Waals surface area contributed by atoms with E-state index in [2.05, 4.69) is 10.6 Å². The van der Waals surface area contributed by atoms with E-state index in [-0.39, 0.29) is 18.5 Å². The van der Waals surface area contributed by atoms with Gasteiger partial charge in [-0.2, -0.15) is 0 Å². The van der Waals surface area contributed by atoms with Crippen LogP contribution >= 0.6 is 0 Å². The SMILES string of the molecule is O=C1COc2cc(NC(=O)N3CCCC3)ccc2N1. The van der Waals surface area contributed by atoms with Gasteiger partial charge in [-0.25, -0.2) is 4.79 Å². The summed E-state index contributed by atoms with van der Waals surface area (Å²) in [5.41, 5.74) is 1.31. The highest BCUT2D eigenvalue weighted by Crippen LogP contribution is 2.30. The zero-order valence-corrected chi connectivity index (χ0v) is 10.4. The molecule has 1 saturated heterocycles. The van der Waals surface area contributed by atoms with Gasteiger partial charge in [0.05, 0.1) is 5.69 Å². The smallest absolute Gasteiger partial charge is 0.321 e. The second-order valence-electron chi connectivity index (χ2n) is 4.67. The first-order valence-corrected chi connectivity index (χ1v) is 6.35. The van der Waals surface area contributed by atoms with Crippen LogP contribution in [-0.2, 0) is 4.79 Å². The van der Waals surface area contributed by atoms with Gasteiger partial charge in [0.2, 0.25) is 0 Å². The Labute approximate surface area is 110 Å². The van der Waals surface area contributed by atoms with Gasteiger partial charge in [-0.1, -0.05) is 0 Å². The molecule has 100 valence electrons. The number of hydrogen-bond donors (Lipinski definition) is 2. The maximum Gasteiger partial charge on any atom is 0.321 e. The van der Waals surface area contributed by atoms with Crippen molar-refractivity contribution in [1.82, 2.24) is 4.90 Å². The molecule has 2 aliphatic heterocycles. The number of nitrogens with zero attached hydrogens (tertiary/aromatic N) is 1. The van der Waals surface area contributed by atoms with Crippen LogP contribution < -0.4 is 15.4 Å². The van der Waals surface area contributed by atoms with E-state index in [1.807, 2.05) is 0 Å². The maximum absolute atomic E-state index is 11.9. The molecule has 0 radical (unpaired) electrons. The first-order valence-electron chi connectivity index (χ1n) is 6.35. The fraction of sp³-hybridized carbons (Fsp3) is 0.385. The predicted octanol–water partition coefficient (Wildman–Crippen LogP) is 1.65. The topological polar surface area (TPSA) is 70.7 Å². The number of nitrogens with one attached hydrogen (secondary N) is 2. The Hall–Kier alpha value is -2.24. The molecule has 0 spiro atoms. The second kappa shape index (κ2) is 4.79. The summed E-state index contributed by atoms with van der Waals surface area (Å²) < 4.78 is 5.31. The Morgan fingerprint density at radius 2 is 2.11 bits per heavy atom. The highest BCUT2D eigenvalue weighted by Gasteiger charge is 2.19. The Balaban J connectivity index is 1.71. The molecule has 0 unspecified atom stereocenters. The molecule has 3 rings (SSSR count). The lowest BCUT2D eigenvalue weighted by Crippen LogP contribution is -2.32. The molecule has 0 saturated carbocycles. The minimum Gasteiger partial charge on any atom is -0.482 e. The van der Waals surface area contributed by atoms with Gasteiger partial charge in [0.15, 0.2) is 6.61 Å². The fourth-order valence-corrected chi connectivity index (χ4v) is 2.28. The number of carbonyl (C=O) groups is 2. The second-order valence-corrected chi connectivity index (χ2v) is 4.67. The maximum atomic E-state index is 11.9. The van der Waals surface area contributed by atoms with E-state index in [1.165, 1.54) is 0 Å². The molecule has 6 heteroatoms. The van der Waals surface area contributed by atoms with Gasteiger partial charge in [-0.15, -0.1) is 0 Å². The van der Waals surface area contributed by atoms with E-state index < -0.39 is 0 Å². The van der Waals surface area contributed by atoms with Crippen molar-refractivity contribution in [2.75, 3.05) is 30.3 Å². The van der Waals surface area contributed by atoms with Gasteiger partial charge in [0.25, 0.3) is 5.91 Å². The number of fused-ring (bicyclic) bond motifs is 1. The van der Waals surface area contributed by atoms with Crippen LogP contribution in [-0.4, -0.2) is 36.5 Å². The molecule has 0 aromatic heterocycles. The summed E-state index contributed by atoms with van der Waals surface area (Å²) in [6.07, 6.45) is 2.12. The molecule has 0 aliphatic carbocycles. The van der Waals surface area contributed by atoms with Crippen LogP contribution in [0.2, 0.25) is 0 Å². The lowest BCUT2D eigenvalue weighted by atomic mass is 10.2. The Morgan fingerprint density at radius 1 is 1.32 bits per heavy atom. The first kappa shape index (κ1) is 11.8. The minimum absolute atomic E-state index is 0.0104. The van der Waals surface area contributed by atoms with Crippen LogP contribution in [0.5, 0.6) is 5.75 Å². The Bertz CT molecular complexity index is 524. The summed E-state index contributed by atoms with van der Waals surface area (Å²) in [5, 5.41) is 5.55. The normalized spacial score (nSPS) is 17.5. The lowest BCUT2D eigenvalue weighted by molar-refractivity contribution is -0.118. The van der Waals surface area contributed by atoms with E-state index in [0.29, 0.717) is 17.1 Å². The molecule has 0 atom stereocenters. The monoisotopic (exact) mass is 261 g/mol. The third kappa shape index (κ3) is 2.47. The van der Waals surface area contributed by atoms with Crippen LogP contribution in [0.25, 0.3) is 0 Å². The van der Waals surface area contributed by atoms with E-state index >= 15 is 0 Å². The fourth-order valence-electron chi connectivity index (χ4n) is 2.28. The van der Waals surface area contributed by atoms with E-state index in [4.69, 9.17) is 4.74 Å². The van der Waals surface area contributed by atoms with Crippen molar-refractivity contribution in [3.63, 3.8) is 0 Å². The van der Waals surface area contributed by atoms with Gasteiger partial charge < -0.3 is 20.3 Å². The summed E-state index contributed by atoms with van der Waals surface area (Å²) in [6.45, 7) is 1.63. The summed E-state index contributed by atoms with van der Waals surface area (Å²) in [5.74, 6) is 0.417. The van der Waals surface area contributed by atoms with Crippen molar-refractivity contribution in [1.29, 1.82) is 0 Å². The van der Waals surface area contributed by atoms with Gasteiger partial charge in [0, 0.05) is 24.8 Å². The number of carbonyl (C=O) groups excluding carboxylic acids is 2. The number of amides is 3. The van der Waals surface area contributed by atoms with Gasteiger partial charge in [-0.3, -0.25) is 4.79 Å². The summed E-state index contributed by atoms with van der Waals surface area (Å²) in [7, 11) is 0. The van der Waals surface area contributed by atoms with Crippen LogP contribution in [0, 0.1) is 0 Å². The first-order chi connectivity index (χ1) is 9.22. The lowest BCUT2D eigenvalue weighted by Gasteiger charge is -2.20. The Morgan fingerprint density at radius 3 is 2.89 bits per heavy atom. The zero-order chi connectivity index (χ0) is 13.2. The van der Waals surface area contributed by atoms with Gasteiger partial charge >= 0.3 is 6.03 Å². The molecule has 2 heterocycles. The van der Waals surface area contributed by atoms with Crippen molar-refractivity contribution in [3.8, 4) is 5.75 Å². The van der Waals surface area contributed by atoms with Crippen molar-refractivity contribution in [2.45, 2.75) is 12.8 Å². The predicted molar refractivity (Wildman–Crippen MR) is 70.4 cm³/mol. The van der Waals surface area contributed by atoms with Crippen molar-refractivity contribution >= 4 is 23.3 Å². The van der Waals surface area contributed by atoms with Gasteiger partial charge in [-0.05, 0) is 25.0 Å². The third-order valence-electron chi connectivity index (χ3n) is 3.26. The van der Waals surface area contributed by atoms with Crippen LogP contribution in [0.3, 0.4) is 0 Å².